The Bertz CT molecular complexity index is 587. The summed E-state index contributed by atoms with van der Waals surface area (Å²) in [7, 11) is 6.11. The second kappa shape index (κ2) is 12.0. The van der Waals surface area contributed by atoms with Gasteiger partial charge in [-0.1, -0.05) is 6.07 Å². The molecule has 0 amide bonds. The minimum Gasteiger partial charge on any atom is -0.355 e. The van der Waals surface area contributed by atoms with Gasteiger partial charge in [-0.3, -0.25) is 9.89 Å². The van der Waals surface area contributed by atoms with E-state index in [4.69, 9.17) is 0 Å². The number of hydrogen-bond donors (Lipinski definition) is 2. The van der Waals surface area contributed by atoms with E-state index in [0.717, 1.165) is 49.0 Å². The van der Waals surface area contributed by atoms with Crippen LogP contribution in [0, 0.1) is 5.82 Å². The molecular formula is C18H31FIN5S. The summed E-state index contributed by atoms with van der Waals surface area (Å²) in [6.07, 6.45) is 2.03. The molecule has 1 saturated heterocycles. The van der Waals surface area contributed by atoms with Crippen molar-refractivity contribution in [3.8, 4) is 0 Å². The van der Waals surface area contributed by atoms with Crippen LogP contribution in [0.25, 0.3) is 0 Å². The van der Waals surface area contributed by atoms with Gasteiger partial charge in [-0.05, 0) is 43.6 Å². The zero-order valence-corrected chi connectivity index (χ0v) is 19.2. The molecule has 1 heterocycles. The molecule has 0 aromatic heterocycles. The van der Waals surface area contributed by atoms with E-state index in [1.165, 1.54) is 6.07 Å². The maximum atomic E-state index is 13.5. The molecule has 1 fully saturated rings. The Morgan fingerprint density at radius 2 is 2.04 bits per heavy atom. The van der Waals surface area contributed by atoms with Gasteiger partial charge in [0.25, 0.3) is 0 Å². The van der Waals surface area contributed by atoms with Crippen molar-refractivity contribution in [2.24, 2.45) is 4.99 Å². The van der Waals surface area contributed by atoms with E-state index in [9.17, 15) is 4.39 Å². The number of nitrogens with one attached hydrogen (secondary N) is 2. The Balaban J connectivity index is 0.00000338. The predicted octanol–water partition coefficient (Wildman–Crippen LogP) is 2.22. The maximum Gasteiger partial charge on any atom is 0.191 e. The molecule has 1 unspecified atom stereocenters. The monoisotopic (exact) mass is 495 g/mol. The second-order valence-electron chi connectivity index (χ2n) is 6.55. The molecule has 2 rings (SSSR count). The molecule has 0 aliphatic carbocycles. The largest absolute Gasteiger partial charge is 0.355 e. The molecule has 1 aliphatic heterocycles. The third-order valence-electron chi connectivity index (χ3n) is 4.62. The number of piperazine rings is 1. The normalized spacial score (nSPS) is 19.1. The molecule has 1 aromatic rings. The minimum atomic E-state index is -0.181. The van der Waals surface area contributed by atoms with E-state index < -0.39 is 0 Å². The van der Waals surface area contributed by atoms with E-state index in [1.807, 2.05) is 12.3 Å². The molecule has 1 atom stereocenters. The van der Waals surface area contributed by atoms with E-state index in [2.05, 4.69) is 39.5 Å². The van der Waals surface area contributed by atoms with Crippen molar-refractivity contribution in [3.63, 3.8) is 0 Å². The third kappa shape index (κ3) is 7.21. The second-order valence-corrected chi connectivity index (χ2v) is 7.42. The number of likely N-dealkylation sites (N-methyl/N-ethyl adjacent to an activating group) is 2. The Morgan fingerprint density at radius 1 is 1.27 bits per heavy atom. The molecule has 5 nitrogen and oxygen atoms in total. The highest BCUT2D eigenvalue weighted by atomic mass is 127. The molecule has 2 N–H and O–H groups in total. The number of thioether (sulfide) groups is 1. The van der Waals surface area contributed by atoms with Crippen molar-refractivity contribution in [2.75, 3.05) is 53.6 Å². The first kappa shape index (κ1) is 23.5. The van der Waals surface area contributed by atoms with Crippen LogP contribution in [0.3, 0.4) is 0 Å². The van der Waals surface area contributed by atoms with Crippen molar-refractivity contribution in [1.82, 2.24) is 20.4 Å². The van der Waals surface area contributed by atoms with Crippen molar-refractivity contribution in [1.29, 1.82) is 0 Å². The summed E-state index contributed by atoms with van der Waals surface area (Å²) in [4.78, 5) is 9.05. The summed E-state index contributed by atoms with van der Waals surface area (Å²) < 4.78 is 13.5. The standard InChI is InChI=1S/C18H30FN5S.HI/c1-20-18(22-11-17-12-23(2)7-8-24(17)3)21-10-14-5-6-16(19)9-15(14)13-25-4;/h5-6,9,17H,7-8,10-13H2,1-4H3,(H2,20,21,22);1H. The lowest BCUT2D eigenvalue weighted by molar-refractivity contribution is 0.116. The molecule has 0 spiro atoms. The predicted molar refractivity (Wildman–Crippen MR) is 121 cm³/mol. The number of rotatable bonds is 6. The Labute approximate surface area is 178 Å². The molecule has 148 valence electrons. The fraction of sp³-hybridized carbons (Fsp3) is 0.611. The summed E-state index contributed by atoms with van der Waals surface area (Å²) in [5, 5.41) is 6.76. The Morgan fingerprint density at radius 3 is 2.73 bits per heavy atom. The van der Waals surface area contributed by atoms with Gasteiger partial charge in [0.05, 0.1) is 0 Å². The molecule has 1 aromatic carbocycles. The van der Waals surface area contributed by atoms with Crippen molar-refractivity contribution < 1.29 is 4.39 Å². The molecule has 0 saturated carbocycles. The van der Waals surface area contributed by atoms with Crippen molar-refractivity contribution in [3.05, 3.63) is 35.1 Å². The van der Waals surface area contributed by atoms with Gasteiger partial charge >= 0.3 is 0 Å². The van der Waals surface area contributed by atoms with Gasteiger partial charge in [0.15, 0.2) is 5.96 Å². The number of nitrogens with zero attached hydrogens (tertiary/aromatic N) is 3. The van der Waals surface area contributed by atoms with Gasteiger partial charge < -0.3 is 15.5 Å². The SMILES string of the molecule is CN=C(NCc1ccc(F)cc1CSC)NCC1CN(C)CCN1C.I. The van der Waals surface area contributed by atoms with Gasteiger partial charge in [0, 0.05) is 51.6 Å². The minimum absolute atomic E-state index is 0. The van der Waals surface area contributed by atoms with Crippen LogP contribution in [0.4, 0.5) is 4.39 Å². The van der Waals surface area contributed by atoms with Crippen LogP contribution in [-0.2, 0) is 12.3 Å². The molecular weight excluding hydrogens is 464 g/mol. The summed E-state index contributed by atoms with van der Waals surface area (Å²) in [6, 6.07) is 5.46. The zero-order valence-electron chi connectivity index (χ0n) is 16.1. The highest BCUT2D eigenvalue weighted by Crippen LogP contribution is 2.16. The number of guanidine groups is 1. The molecule has 8 heteroatoms. The maximum absolute atomic E-state index is 13.5. The van der Waals surface area contributed by atoms with Crippen LogP contribution in [0.15, 0.2) is 23.2 Å². The van der Waals surface area contributed by atoms with Gasteiger partial charge in [-0.2, -0.15) is 11.8 Å². The van der Waals surface area contributed by atoms with Gasteiger partial charge in [-0.25, -0.2) is 4.39 Å². The molecule has 0 bridgehead atoms. The summed E-state index contributed by atoms with van der Waals surface area (Å²) in [5.74, 6) is 1.40. The van der Waals surface area contributed by atoms with Crippen molar-refractivity contribution in [2.45, 2.75) is 18.3 Å². The highest BCUT2D eigenvalue weighted by molar-refractivity contribution is 14.0. The third-order valence-corrected chi connectivity index (χ3v) is 5.22. The van der Waals surface area contributed by atoms with E-state index in [-0.39, 0.29) is 29.8 Å². The van der Waals surface area contributed by atoms with E-state index in [0.29, 0.717) is 12.6 Å². The van der Waals surface area contributed by atoms with E-state index >= 15 is 0 Å². The Hall–Kier alpha value is -0.580. The Kier molecular flexibility index (Phi) is 10.8. The number of aliphatic imine (C=N–C) groups is 1. The van der Waals surface area contributed by atoms with Gasteiger partial charge in [0.1, 0.15) is 5.82 Å². The number of halogens is 2. The fourth-order valence-corrected chi connectivity index (χ4v) is 3.57. The molecule has 0 radical (unpaired) electrons. The van der Waals surface area contributed by atoms with Crippen LogP contribution in [-0.4, -0.2) is 75.4 Å². The summed E-state index contributed by atoms with van der Waals surface area (Å²) in [6.45, 7) is 4.74. The molecule has 1 aliphatic rings. The van der Waals surface area contributed by atoms with Crippen LogP contribution in [0.1, 0.15) is 11.1 Å². The van der Waals surface area contributed by atoms with Crippen LogP contribution >= 0.6 is 35.7 Å². The van der Waals surface area contributed by atoms with Gasteiger partial charge in [-0.15, -0.1) is 24.0 Å². The van der Waals surface area contributed by atoms with Crippen LogP contribution in [0.2, 0.25) is 0 Å². The van der Waals surface area contributed by atoms with E-state index in [1.54, 1.807) is 24.9 Å². The smallest absolute Gasteiger partial charge is 0.191 e. The lowest BCUT2D eigenvalue weighted by atomic mass is 10.1. The average molecular weight is 495 g/mol. The van der Waals surface area contributed by atoms with Crippen LogP contribution in [0.5, 0.6) is 0 Å². The first-order valence-corrected chi connectivity index (χ1v) is 10.0. The number of benzene rings is 1. The average Bonchev–Trinajstić information content (AvgIpc) is 2.59. The molecule has 26 heavy (non-hydrogen) atoms. The summed E-state index contributed by atoms with van der Waals surface area (Å²) >= 11 is 1.70. The quantitative estimate of drug-likeness (QED) is 0.360. The first-order valence-electron chi connectivity index (χ1n) is 8.63. The lowest BCUT2D eigenvalue weighted by Crippen LogP contribution is -2.55. The topological polar surface area (TPSA) is 42.9 Å². The lowest BCUT2D eigenvalue weighted by Gasteiger charge is -2.37. The first-order chi connectivity index (χ1) is 12.0. The summed E-state index contributed by atoms with van der Waals surface area (Å²) in [5.41, 5.74) is 2.14. The zero-order chi connectivity index (χ0) is 18.2. The van der Waals surface area contributed by atoms with Crippen LogP contribution < -0.4 is 10.6 Å². The number of hydrogen-bond acceptors (Lipinski definition) is 4. The van der Waals surface area contributed by atoms with Gasteiger partial charge in [0.2, 0.25) is 0 Å². The van der Waals surface area contributed by atoms with Crippen molar-refractivity contribution >= 4 is 41.7 Å². The fourth-order valence-electron chi connectivity index (χ4n) is 2.99. The highest BCUT2D eigenvalue weighted by Gasteiger charge is 2.22.